The van der Waals surface area contributed by atoms with E-state index in [9.17, 15) is 4.79 Å². The first-order chi connectivity index (χ1) is 7.58. The lowest BCUT2D eigenvalue weighted by atomic mass is 10.0. The second-order valence-corrected chi connectivity index (χ2v) is 5.60. The molecule has 2 aromatic rings. The maximum absolute atomic E-state index is 12.2. The van der Waals surface area contributed by atoms with Crippen LogP contribution in [0.5, 0.6) is 0 Å². The molecule has 1 aromatic heterocycles. The van der Waals surface area contributed by atoms with Crippen LogP contribution in [0.25, 0.3) is 0 Å². The van der Waals surface area contributed by atoms with Gasteiger partial charge in [0.15, 0.2) is 0 Å². The maximum Gasteiger partial charge on any atom is 0.203 e. The Morgan fingerprint density at radius 3 is 2.62 bits per heavy atom. The topological polar surface area (TPSA) is 17.1 Å². The predicted octanol–water partition coefficient (Wildman–Crippen LogP) is 4.36. The molecule has 16 heavy (non-hydrogen) atoms. The SMILES string of the molecule is Cc1ccc(C)c(C(=O)c2cc(Br)cs2)c1. The number of thiophene rings is 1. The fraction of sp³-hybridized carbons (Fsp3) is 0.154. The fourth-order valence-electron chi connectivity index (χ4n) is 1.55. The first-order valence-corrected chi connectivity index (χ1v) is 6.61. The predicted molar refractivity (Wildman–Crippen MR) is 71.4 cm³/mol. The van der Waals surface area contributed by atoms with Gasteiger partial charge in [0.05, 0.1) is 4.88 Å². The molecule has 0 unspecified atom stereocenters. The summed E-state index contributed by atoms with van der Waals surface area (Å²) >= 11 is 4.83. The number of ketones is 1. The molecule has 0 N–H and O–H groups in total. The Morgan fingerprint density at radius 1 is 1.25 bits per heavy atom. The zero-order chi connectivity index (χ0) is 11.7. The van der Waals surface area contributed by atoms with Gasteiger partial charge >= 0.3 is 0 Å². The van der Waals surface area contributed by atoms with Crippen molar-refractivity contribution in [3.05, 3.63) is 55.7 Å². The van der Waals surface area contributed by atoms with Crippen LogP contribution >= 0.6 is 27.3 Å². The smallest absolute Gasteiger partial charge is 0.203 e. The van der Waals surface area contributed by atoms with E-state index >= 15 is 0 Å². The van der Waals surface area contributed by atoms with E-state index in [0.717, 1.165) is 26.0 Å². The number of carbonyl (C=O) groups excluding carboxylic acids is 1. The minimum absolute atomic E-state index is 0.108. The van der Waals surface area contributed by atoms with Crippen molar-refractivity contribution in [3.8, 4) is 0 Å². The van der Waals surface area contributed by atoms with Crippen molar-refractivity contribution in [2.45, 2.75) is 13.8 Å². The maximum atomic E-state index is 12.2. The largest absolute Gasteiger partial charge is 0.288 e. The summed E-state index contributed by atoms with van der Waals surface area (Å²) in [6.07, 6.45) is 0. The lowest BCUT2D eigenvalue weighted by molar-refractivity contribution is 0.104. The third kappa shape index (κ3) is 2.25. The number of hydrogen-bond acceptors (Lipinski definition) is 2. The quantitative estimate of drug-likeness (QED) is 0.752. The summed E-state index contributed by atoms with van der Waals surface area (Å²) in [5, 5.41) is 1.93. The number of rotatable bonds is 2. The highest BCUT2D eigenvalue weighted by Crippen LogP contribution is 2.24. The molecule has 3 heteroatoms. The third-order valence-corrected chi connectivity index (χ3v) is 4.12. The highest BCUT2D eigenvalue weighted by atomic mass is 79.9. The van der Waals surface area contributed by atoms with Crippen LogP contribution in [-0.4, -0.2) is 5.78 Å². The molecular weight excluding hydrogens is 284 g/mol. The fourth-order valence-corrected chi connectivity index (χ4v) is 2.93. The van der Waals surface area contributed by atoms with Crippen LogP contribution in [0.3, 0.4) is 0 Å². The zero-order valence-corrected chi connectivity index (χ0v) is 11.5. The van der Waals surface area contributed by atoms with Crippen LogP contribution in [0.2, 0.25) is 0 Å². The summed E-state index contributed by atoms with van der Waals surface area (Å²) in [6, 6.07) is 7.84. The van der Waals surface area contributed by atoms with Gasteiger partial charge in [-0.3, -0.25) is 4.79 Å². The Kier molecular flexibility index (Phi) is 3.26. The summed E-state index contributed by atoms with van der Waals surface area (Å²) in [5.74, 6) is 0.108. The van der Waals surface area contributed by atoms with Gasteiger partial charge in [0.1, 0.15) is 0 Å². The van der Waals surface area contributed by atoms with Gasteiger partial charge in [0.25, 0.3) is 0 Å². The van der Waals surface area contributed by atoms with Crippen molar-refractivity contribution in [1.82, 2.24) is 0 Å². The van der Waals surface area contributed by atoms with Crippen LogP contribution in [0, 0.1) is 13.8 Å². The molecule has 0 spiro atoms. The van der Waals surface area contributed by atoms with Crippen molar-refractivity contribution >= 4 is 33.0 Å². The molecule has 0 aliphatic heterocycles. The van der Waals surface area contributed by atoms with Gasteiger partial charge in [-0.05, 0) is 47.5 Å². The van der Waals surface area contributed by atoms with E-state index in [2.05, 4.69) is 15.9 Å². The van der Waals surface area contributed by atoms with Crippen molar-refractivity contribution in [2.24, 2.45) is 0 Å². The minimum Gasteiger partial charge on any atom is -0.288 e. The van der Waals surface area contributed by atoms with Gasteiger partial charge in [-0.1, -0.05) is 17.7 Å². The molecule has 82 valence electrons. The molecule has 0 fully saturated rings. The Morgan fingerprint density at radius 2 is 2.00 bits per heavy atom. The van der Waals surface area contributed by atoms with Crippen molar-refractivity contribution in [1.29, 1.82) is 0 Å². The standard InChI is InChI=1S/C13H11BrOS/c1-8-3-4-9(2)11(5-8)13(15)12-6-10(14)7-16-12/h3-7H,1-2H3. The molecular formula is C13H11BrOS. The van der Waals surface area contributed by atoms with Gasteiger partial charge in [-0.15, -0.1) is 11.3 Å². The average molecular weight is 295 g/mol. The molecule has 0 saturated heterocycles. The van der Waals surface area contributed by atoms with Crippen molar-refractivity contribution in [2.75, 3.05) is 0 Å². The number of benzene rings is 1. The van der Waals surface area contributed by atoms with Crippen LogP contribution < -0.4 is 0 Å². The number of aryl methyl sites for hydroxylation is 2. The second-order valence-electron chi connectivity index (χ2n) is 3.78. The average Bonchev–Trinajstić information content (AvgIpc) is 2.67. The summed E-state index contributed by atoms with van der Waals surface area (Å²) in [5.41, 5.74) is 2.94. The van der Waals surface area contributed by atoms with E-state index in [1.807, 2.05) is 43.5 Å². The van der Waals surface area contributed by atoms with E-state index in [0.29, 0.717) is 0 Å². The molecule has 0 aliphatic rings. The molecule has 0 radical (unpaired) electrons. The highest BCUT2D eigenvalue weighted by Gasteiger charge is 2.13. The molecule has 0 saturated carbocycles. The summed E-state index contributed by atoms with van der Waals surface area (Å²) in [4.78, 5) is 13.0. The molecule has 0 atom stereocenters. The van der Waals surface area contributed by atoms with E-state index < -0.39 is 0 Å². The van der Waals surface area contributed by atoms with Crippen molar-refractivity contribution < 1.29 is 4.79 Å². The third-order valence-electron chi connectivity index (χ3n) is 2.43. The highest BCUT2D eigenvalue weighted by molar-refractivity contribution is 9.10. The Balaban J connectivity index is 2.45. The molecule has 0 aliphatic carbocycles. The molecule has 1 heterocycles. The van der Waals surface area contributed by atoms with E-state index in [4.69, 9.17) is 0 Å². The van der Waals surface area contributed by atoms with Crippen molar-refractivity contribution in [3.63, 3.8) is 0 Å². The molecule has 0 bridgehead atoms. The molecule has 2 rings (SSSR count). The van der Waals surface area contributed by atoms with Gasteiger partial charge < -0.3 is 0 Å². The minimum atomic E-state index is 0.108. The number of halogens is 1. The summed E-state index contributed by atoms with van der Waals surface area (Å²) in [6.45, 7) is 3.97. The Labute approximate surface area is 107 Å². The lowest BCUT2D eigenvalue weighted by Gasteiger charge is -2.04. The van der Waals surface area contributed by atoms with E-state index in [-0.39, 0.29) is 5.78 Å². The summed E-state index contributed by atoms with van der Waals surface area (Å²) in [7, 11) is 0. The lowest BCUT2D eigenvalue weighted by Crippen LogP contribution is -2.01. The van der Waals surface area contributed by atoms with Gasteiger partial charge in [-0.2, -0.15) is 0 Å². The first kappa shape index (κ1) is 11.6. The second kappa shape index (κ2) is 4.52. The van der Waals surface area contributed by atoms with E-state index in [1.54, 1.807) is 0 Å². The normalized spacial score (nSPS) is 10.4. The van der Waals surface area contributed by atoms with Gasteiger partial charge in [0, 0.05) is 15.4 Å². The summed E-state index contributed by atoms with van der Waals surface area (Å²) < 4.78 is 0.964. The molecule has 1 nitrogen and oxygen atoms in total. The number of hydrogen-bond donors (Lipinski definition) is 0. The Hall–Kier alpha value is -0.930. The van der Waals surface area contributed by atoms with Crippen LogP contribution in [-0.2, 0) is 0 Å². The van der Waals surface area contributed by atoms with Gasteiger partial charge in [-0.25, -0.2) is 0 Å². The molecule has 0 amide bonds. The van der Waals surface area contributed by atoms with Crippen LogP contribution in [0.4, 0.5) is 0 Å². The zero-order valence-electron chi connectivity index (χ0n) is 9.08. The van der Waals surface area contributed by atoms with Crippen LogP contribution in [0.1, 0.15) is 26.4 Å². The first-order valence-electron chi connectivity index (χ1n) is 4.94. The Bertz CT molecular complexity index is 543. The molecule has 1 aromatic carbocycles. The monoisotopic (exact) mass is 294 g/mol. The number of carbonyl (C=O) groups is 1. The van der Waals surface area contributed by atoms with Crippen LogP contribution in [0.15, 0.2) is 34.1 Å². The van der Waals surface area contributed by atoms with E-state index in [1.165, 1.54) is 11.3 Å². The van der Waals surface area contributed by atoms with Gasteiger partial charge in [0.2, 0.25) is 5.78 Å².